The lowest BCUT2D eigenvalue weighted by Gasteiger charge is -2.30. The maximum Gasteiger partial charge on any atom is 0.407 e. The predicted octanol–water partition coefficient (Wildman–Crippen LogP) is 7.42. The number of carbonyl (C=O) groups is 2. The monoisotopic (exact) mass is 624 g/mol. The highest BCUT2D eigenvalue weighted by Gasteiger charge is 2.51. The number of unbranched alkanes of at least 4 members (excludes halogenated alkanes) is 1. The summed E-state index contributed by atoms with van der Waals surface area (Å²) >= 11 is 6.63. The predicted molar refractivity (Wildman–Crippen MR) is 163 cm³/mol. The van der Waals surface area contributed by atoms with Crippen LogP contribution in [0.2, 0.25) is 5.02 Å². The highest BCUT2D eigenvalue weighted by molar-refractivity contribution is 6.34. The molecule has 0 radical (unpaired) electrons. The molecule has 44 heavy (non-hydrogen) atoms. The second-order valence-electron chi connectivity index (χ2n) is 12.7. The summed E-state index contributed by atoms with van der Waals surface area (Å²) < 4.78 is 49.6. The number of rotatable bonds is 8. The first kappa shape index (κ1) is 30.2. The molecule has 1 aliphatic carbocycles. The molecule has 3 aromatic rings. The van der Waals surface area contributed by atoms with Gasteiger partial charge in [0.1, 0.15) is 28.9 Å². The first-order valence-corrected chi connectivity index (χ1v) is 15.3. The Bertz CT molecular complexity index is 1640. The van der Waals surface area contributed by atoms with Crippen molar-refractivity contribution in [3.05, 3.63) is 81.4 Å². The van der Waals surface area contributed by atoms with Gasteiger partial charge in [-0.15, -0.1) is 0 Å². The summed E-state index contributed by atoms with van der Waals surface area (Å²) in [6.45, 7) is 5.80. The number of amides is 2. The summed E-state index contributed by atoms with van der Waals surface area (Å²) in [7, 11) is 1.46. The largest absolute Gasteiger partial charge is 0.486 e. The molecule has 2 aliphatic heterocycles. The molecule has 3 atom stereocenters. The van der Waals surface area contributed by atoms with Gasteiger partial charge in [-0.2, -0.15) is 0 Å². The number of fused-ring (bicyclic) bond motifs is 4. The van der Waals surface area contributed by atoms with E-state index in [-0.39, 0.29) is 51.7 Å². The molecule has 1 saturated carbocycles. The fourth-order valence-corrected chi connectivity index (χ4v) is 6.58. The molecule has 0 aromatic heterocycles. The molecular formula is C34H35ClF2N2O5. The van der Waals surface area contributed by atoms with Crippen LogP contribution in [-0.4, -0.2) is 37.3 Å². The zero-order chi connectivity index (χ0) is 31.4. The minimum absolute atomic E-state index is 0.0459. The van der Waals surface area contributed by atoms with Crippen molar-refractivity contribution in [2.24, 2.45) is 0 Å². The van der Waals surface area contributed by atoms with E-state index in [9.17, 15) is 9.59 Å². The third-order valence-electron chi connectivity index (χ3n) is 8.40. The average Bonchev–Trinajstić information content (AvgIpc) is 3.51. The molecule has 1 fully saturated rings. The molecule has 0 saturated heterocycles. The van der Waals surface area contributed by atoms with Crippen LogP contribution >= 0.6 is 11.6 Å². The molecule has 0 bridgehead atoms. The summed E-state index contributed by atoms with van der Waals surface area (Å²) in [4.78, 5) is 25.2. The molecule has 0 spiro atoms. The van der Waals surface area contributed by atoms with E-state index in [1.165, 1.54) is 13.1 Å². The Morgan fingerprint density at radius 2 is 1.86 bits per heavy atom. The Hall–Kier alpha value is -3.85. The van der Waals surface area contributed by atoms with Gasteiger partial charge in [-0.05, 0) is 58.1 Å². The van der Waals surface area contributed by atoms with E-state index in [1.807, 2.05) is 30.3 Å². The maximum atomic E-state index is 16.4. The Kier molecular flexibility index (Phi) is 7.72. The van der Waals surface area contributed by atoms with Gasteiger partial charge >= 0.3 is 6.09 Å². The van der Waals surface area contributed by atoms with Crippen LogP contribution in [-0.2, 0) is 16.8 Å². The van der Waals surface area contributed by atoms with Gasteiger partial charge in [0.05, 0.1) is 10.6 Å². The van der Waals surface area contributed by atoms with Crippen LogP contribution in [0.4, 0.5) is 13.6 Å². The molecule has 2 N–H and O–H groups in total. The fraction of sp³-hybridized carbons (Fsp3) is 0.412. The van der Waals surface area contributed by atoms with Gasteiger partial charge < -0.3 is 24.8 Å². The number of carbonyl (C=O) groups excluding carboxylic acids is 2. The highest BCUT2D eigenvalue weighted by atomic mass is 35.5. The number of benzene rings is 3. The van der Waals surface area contributed by atoms with E-state index in [4.69, 9.17) is 25.8 Å². The van der Waals surface area contributed by atoms with Gasteiger partial charge in [0, 0.05) is 54.3 Å². The smallest absolute Gasteiger partial charge is 0.407 e. The van der Waals surface area contributed by atoms with Gasteiger partial charge in [0.2, 0.25) is 0 Å². The third-order valence-corrected chi connectivity index (χ3v) is 8.77. The average molecular weight is 625 g/mol. The lowest BCUT2D eigenvalue weighted by molar-refractivity contribution is 0.0523. The lowest BCUT2D eigenvalue weighted by atomic mass is 9.82. The zero-order valence-electron chi connectivity index (χ0n) is 25.1. The van der Waals surface area contributed by atoms with E-state index in [1.54, 1.807) is 26.8 Å². The quantitative estimate of drug-likeness (QED) is 0.255. The highest BCUT2D eigenvalue weighted by Crippen LogP contribution is 2.58. The molecule has 2 amide bonds. The SMILES string of the molecule is CNC(=O)c1cc2c(c(F)c1-c1c(Cl)c(F)cc3c1C[C@@](CCCCNC(=O)OC(C)(C)C)(c1ccccc1)O3)OC1CC21. The van der Waals surface area contributed by atoms with E-state index in [0.717, 1.165) is 12.0 Å². The second kappa shape index (κ2) is 11.3. The van der Waals surface area contributed by atoms with Gasteiger partial charge in [-0.3, -0.25) is 4.79 Å². The Labute approximate surface area is 260 Å². The van der Waals surface area contributed by atoms with Gasteiger partial charge in [0.25, 0.3) is 5.91 Å². The van der Waals surface area contributed by atoms with Crippen LogP contribution in [0.5, 0.6) is 11.5 Å². The van der Waals surface area contributed by atoms with Crippen LogP contribution in [0.3, 0.4) is 0 Å². The van der Waals surface area contributed by atoms with Crippen molar-refractivity contribution < 1.29 is 32.6 Å². The normalized spacial score (nSPS) is 21.0. The van der Waals surface area contributed by atoms with Crippen molar-refractivity contribution in [1.29, 1.82) is 0 Å². The number of alkyl carbamates (subject to hydrolysis) is 1. The maximum absolute atomic E-state index is 16.4. The van der Waals surface area contributed by atoms with Crippen LogP contribution in [0.15, 0.2) is 42.5 Å². The summed E-state index contributed by atoms with van der Waals surface area (Å²) in [5.41, 5.74) is 0.575. The zero-order valence-corrected chi connectivity index (χ0v) is 25.9. The summed E-state index contributed by atoms with van der Waals surface area (Å²) in [6, 6.07) is 12.4. The van der Waals surface area contributed by atoms with E-state index in [2.05, 4.69) is 10.6 Å². The van der Waals surface area contributed by atoms with E-state index in [0.29, 0.717) is 36.9 Å². The molecule has 2 unspecified atom stereocenters. The van der Waals surface area contributed by atoms with Gasteiger partial charge in [-0.1, -0.05) is 41.9 Å². The van der Waals surface area contributed by atoms with Crippen LogP contribution in [0.25, 0.3) is 11.1 Å². The van der Waals surface area contributed by atoms with E-state index >= 15 is 8.78 Å². The number of hydrogen-bond donors (Lipinski definition) is 2. The third kappa shape index (κ3) is 5.47. The number of ether oxygens (including phenoxy) is 3. The van der Waals surface area contributed by atoms with Crippen molar-refractivity contribution in [2.75, 3.05) is 13.6 Å². The molecule has 3 aromatic carbocycles. The minimum atomic E-state index is -0.917. The fourth-order valence-electron chi connectivity index (χ4n) is 6.31. The lowest BCUT2D eigenvalue weighted by Crippen LogP contribution is -2.34. The number of hydrogen-bond acceptors (Lipinski definition) is 5. The van der Waals surface area contributed by atoms with Gasteiger partial charge in [0.15, 0.2) is 11.6 Å². The van der Waals surface area contributed by atoms with E-state index < -0.39 is 34.8 Å². The minimum Gasteiger partial charge on any atom is -0.486 e. The van der Waals surface area contributed by atoms with Gasteiger partial charge in [-0.25, -0.2) is 13.6 Å². The Morgan fingerprint density at radius 3 is 2.57 bits per heavy atom. The first-order chi connectivity index (χ1) is 20.9. The molecule has 10 heteroatoms. The molecule has 7 nitrogen and oxygen atoms in total. The summed E-state index contributed by atoms with van der Waals surface area (Å²) in [5.74, 6) is -1.64. The topological polar surface area (TPSA) is 85.9 Å². The van der Waals surface area contributed by atoms with Crippen molar-refractivity contribution >= 4 is 23.6 Å². The number of nitrogens with one attached hydrogen (secondary N) is 2. The summed E-state index contributed by atoms with van der Waals surface area (Å²) in [6.07, 6.45) is 2.24. The number of halogens is 3. The first-order valence-electron chi connectivity index (χ1n) is 14.9. The molecular weight excluding hydrogens is 590 g/mol. The summed E-state index contributed by atoms with van der Waals surface area (Å²) in [5, 5.41) is 5.08. The Morgan fingerprint density at radius 1 is 1.11 bits per heavy atom. The van der Waals surface area contributed by atoms with Crippen molar-refractivity contribution in [2.45, 2.75) is 76.1 Å². The Balaban J connectivity index is 1.36. The van der Waals surface area contributed by atoms with Crippen LogP contribution < -0.4 is 20.1 Å². The van der Waals surface area contributed by atoms with Crippen molar-refractivity contribution in [3.8, 4) is 22.6 Å². The van der Waals surface area contributed by atoms with Crippen molar-refractivity contribution in [3.63, 3.8) is 0 Å². The molecule has 3 aliphatic rings. The second-order valence-corrected chi connectivity index (χ2v) is 13.0. The van der Waals surface area contributed by atoms with Crippen LogP contribution in [0, 0.1) is 11.6 Å². The molecule has 232 valence electrons. The van der Waals surface area contributed by atoms with Crippen molar-refractivity contribution in [1.82, 2.24) is 10.6 Å². The molecule has 6 rings (SSSR count). The standard InChI is InChI=1S/C34H35ClF2N2O5/c1-33(2,3)44-32(41)39-13-9-8-12-34(18-10-6-5-7-11-18)17-22-25(43-34)16-23(36)28(35)26(22)27-21(31(40)38-4)14-20-19-15-24(19)42-30(20)29(27)37/h5-7,10-11,14,16,19,24H,8-9,12-13,15,17H2,1-4H3,(H,38,40)(H,39,41)/t19?,24?,34-/m0/s1. The van der Waals surface area contributed by atoms with Crippen LogP contribution in [0.1, 0.15) is 79.4 Å². The molecule has 2 heterocycles.